The zero-order valence-electron chi connectivity index (χ0n) is 17.3. The van der Waals surface area contributed by atoms with Crippen LogP contribution >= 0.6 is 0 Å². The summed E-state index contributed by atoms with van der Waals surface area (Å²) in [4.78, 5) is 0. The van der Waals surface area contributed by atoms with E-state index in [0.717, 1.165) is 11.1 Å². The molecule has 0 bridgehead atoms. The fraction of sp³-hybridized carbons (Fsp3) is 0.154. The van der Waals surface area contributed by atoms with Gasteiger partial charge in [-0.05, 0) is 29.3 Å². The normalized spacial score (nSPS) is 11.8. The number of rotatable bonds is 6. The van der Waals surface area contributed by atoms with E-state index < -0.39 is 6.10 Å². The molecule has 0 aliphatic rings. The van der Waals surface area contributed by atoms with Crippen molar-refractivity contribution in [2.75, 3.05) is 21.3 Å². The monoisotopic (exact) mass is 400 g/mol. The standard InChI is InChI=1S/C26H24O4/c1-28-23-17-20(18-24(29-2)26(23)30-3)14-15-22(16-19-10-6-4-7-11-19)25(27)21-12-8-5-9-13-21/h4-13,16-18,25,27H,1-3H3/b22-16+. The van der Waals surface area contributed by atoms with Crippen LogP contribution in [0.25, 0.3) is 6.08 Å². The van der Waals surface area contributed by atoms with Gasteiger partial charge in [0.1, 0.15) is 6.10 Å². The molecule has 0 radical (unpaired) electrons. The summed E-state index contributed by atoms with van der Waals surface area (Å²) in [5, 5.41) is 11.0. The Balaban J connectivity index is 2.05. The Morgan fingerprint density at radius 1 is 0.833 bits per heavy atom. The van der Waals surface area contributed by atoms with E-state index in [9.17, 15) is 5.11 Å². The molecule has 0 amide bonds. The third-order valence-corrected chi connectivity index (χ3v) is 4.55. The fourth-order valence-electron chi connectivity index (χ4n) is 3.02. The minimum absolute atomic E-state index is 0.509. The molecule has 152 valence electrons. The molecule has 0 fully saturated rings. The van der Waals surface area contributed by atoms with Crippen LogP contribution in [-0.4, -0.2) is 26.4 Å². The first-order valence-corrected chi connectivity index (χ1v) is 9.48. The summed E-state index contributed by atoms with van der Waals surface area (Å²) < 4.78 is 16.2. The summed E-state index contributed by atoms with van der Waals surface area (Å²) in [5.41, 5.74) is 3.01. The lowest BCUT2D eigenvalue weighted by molar-refractivity contribution is 0.222. The first-order chi connectivity index (χ1) is 14.7. The van der Waals surface area contributed by atoms with E-state index in [1.165, 1.54) is 0 Å². The molecule has 1 atom stereocenters. The molecule has 30 heavy (non-hydrogen) atoms. The highest BCUT2D eigenvalue weighted by Crippen LogP contribution is 2.38. The summed E-state index contributed by atoms with van der Waals surface area (Å²) >= 11 is 0. The molecule has 4 nitrogen and oxygen atoms in total. The largest absolute Gasteiger partial charge is 0.493 e. The van der Waals surface area contributed by atoms with E-state index in [2.05, 4.69) is 11.8 Å². The van der Waals surface area contributed by atoms with Gasteiger partial charge in [-0.15, -0.1) is 0 Å². The summed E-state index contributed by atoms with van der Waals surface area (Å²) in [6.45, 7) is 0. The number of methoxy groups -OCH3 is 3. The first kappa shape index (κ1) is 21.0. The average molecular weight is 400 g/mol. The van der Waals surface area contributed by atoms with Gasteiger partial charge in [0.15, 0.2) is 11.5 Å². The molecule has 1 unspecified atom stereocenters. The number of aliphatic hydroxyl groups is 1. The third kappa shape index (κ3) is 5.02. The Bertz CT molecular complexity index is 1040. The zero-order valence-corrected chi connectivity index (χ0v) is 17.3. The smallest absolute Gasteiger partial charge is 0.203 e. The molecular formula is C26H24O4. The lowest BCUT2D eigenvalue weighted by Crippen LogP contribution is -2.00. The maximum absolute atomic E-state index is 11.0. The Morgan fingerprint density at radius 3 is 1.93 bits per heavy atom. The van der Waals surface area contributed by atoms with Crippen LogP contribution in [0.5, 0.6) is 17.2 Å². The third-order valence-electron chi connectivity index (χ3n) is 4.55. The molecule has 3 rings (SSSR count). The zero-order chi connectivity index (χ0) is 21.3. The van der Waals surface area contributed by atoms with Crippen molar-refractivity contribution in [3.8, 4) is 29.1 Å². The molecule has 0 aliphatic carbocycles. The highest BCUT2D eigenvalue weighted by atomic mass is 16.5. The van der Waals surface area contributed by atoms with Crippen LogP contribution in [0.3, 0.4) is 0 Å². The summed E-state index contributed by atoms with van der Waals surface area (Å²) in [7, 11) is 4.69. The van der Waals surface area contributed by atoms with Crippen LogP contribution in [0.1, 0.15) is 22.8 Å². The van der Waals surface area contributed by atoms with E-state index >= 15 is 0 Å². The Kier molecular flexibility index (Phi) is 7.15. The van der Waals surface area contributed by atoms with Crippen LogP contribution in [-0.2, 0) is 0 Å². The van der Waals surface area contributed by atoms with Crippen LogP contribution in [0.4, 0.5) is 0 Å². The van der Waals surface area contributed by atoms with Crippen molar-refractivity contribution >= 4 is 6.08 Å². The van der Waals surface area contributed by atoms with Gasteiger partial charge in [0.05, 0.1) is 21.3 Å². The molecule has 0 saturated carbocycles. The molecule has 0 heterocycles. The van der Waals surface area contributed by atoms with E-state index in [4.69, 9.17) is 14.2 Å². The molecule has 3 aromatic rings. The van der Waals surface area contributed by atoms with Crippen molar-refractivity contribution < 1.29 is 19.3 Å². The van der Waals surface area contributed by atoms with Crippen molar-refractivity contribution in [3.63, 3.8) is 0 Å². The highest BCUT2D eigenvalue weighted by molar-refractivity contribution is 5.63. The molecule has 0 saturated heterocycles. The summed E-state index contributed by atoms with van der Waals surface area (Å²) in [6.07, 6.45) is 1.05. The van der Waals surface area contributed by atoms with Crippen molar-refractivity contribution in [2.24, 2.45) is 0 Å². The van der Waals surface area contributed by atoms with Gasteiger partial charge in [0, 0.05) is 11.1 Å². The van der Waals surface area contributed by atoms with E-state index in [1.54, 1.807) is 33.5 Å². The second-order valence-electron chi connectivity index (χ2n) is 6.49. The Hall–Kier alpha value is -3.68. The van der Waals surface area contributed by atoms with Crippen LogP contribution in [0.15, 0.2) is 78.4 Å². The van der Waals surface area contributed by atoms with Gasteiger partial charge < -0.3 is 19.3 Å². The number of ether oxygens (including phenoxy) is 3. The maximum atomic E-state index is 11.0. The first-order valence-electron chi connectivity index (χ1n) is 9.48. The predicted octanol–water partition coefficient (Wildman–Crippen LogP) is 4.88. The highest BCUT2D eigenvalue weighted by Gasteiger charge is 2.14. The lowest BCUT2D eigenvalue weighted by atomic mass is 9.99. The van der Waals surface area contributed by atoms with E-state index in [0.29, 0.717) is 28.4 Å². The van der Waals surface area contributed by atoms with Gasteiger partial charge >= 0.3 is 0 Å². The minimum Gasteiger partial charge on any atom is -0.493 e. The molecule has 3 aromatic carbocycles. The van der Waals surface area contributed by atoms with Gasteiger partial charge in [-0.1, -0.05) is 72.5 Å². The molecule has 4 heteroatoms. The van der Waals surface area contributed by atoms with Gasteiger partial charge in [0.2, 0.25) is 5.75 Å². The van der Waals surface area contributed by atoms with E-state index in [-0.39, 0.29) is 0 Å². The van der Waals surface area contributed by atoms with Crippen molar-refractivity contribution in [1.29, 1.82) is 0 Å². The van der Waals surface area contributed by atoms with Crippen LogP contribution in [0.2, 0.25) is 0 Å². The van der Waals surface area contributed by atoms with Crippen LogP contribution in [0, 0.1) is 11.8 Å². The quantitative estimate of drug-likeness (QED) is 0.599. The van der Waals surface area contributed by atoms with Gasteiger partial charge in [-0.3, -0.25) is 0 Å². The van der Waals surface area contributed by atoms with Crippen LogP contribution < -0.4 is 14.2 Å². The fourth-order valence-corrected chi connectivity index (χ4v) is 3.02. The molecule has 0 aromatic heterocycles. The number of aliphatic hydroxyl groups excluding tert-OH is 1. The predicted molar refractivity (Wildman–Crippen MR) is 119 cm³/mol. The lowest BCUT2D eigenvalue weighted by Gasteiger charge is -2.13. The Labute approximate surface area is 177 Å². The number of hydrogen-bond donors (Lipinski definition) is 1. The number of hydrogen-bond acceptors (Lipinski definition) is 4. The maximum Gasteiger partial charge on any atom is 0.203 e. The molecule has 1 N–H and O–H groups in total. The number of benzene rings is 3. The molecule has 0 aliphatic heterocycles. The summed E-state index contributed by atoms with van der Waals surface area (Å²) in [6, 6.07) is 22.8. The SMILES string of the molecule is COc1cc(C#C/C(=C\c2ccccc2)C(O)c2ccccc2)cc(OC)c1OC. The van der Waals surface area contributed by atoms with E-state index in [1.807, 2.05) is 66.7 Å². The summed E-state index contributed by atoms with van der Waals surface area (Å²) in [5.74, 6) is 7.82. The molecular weight excluding hydrogens is 376 g/mol. The average Bonchev–Trinajstić information content (AvgIpc) is 2.81. The Morgan fingerprint density at radius 2 is 1.40 bits per heavy atom. The molecule has 0 spiro atoms. The van der Waals surface area contributed by atoms with Crippen molar-refractivity contribution in [3.05, 3.63) is 95.1 Å². The second kappa shape index (κ2) is 10.2. The minimum atomic E-state index is -0.846. The second-order valence-corrected chi connectivity index (χ2v) is 6.49. The van der Waals surface area contributed by atoms with Gasteiger partial charge in [-0.2, -0.15) is 0 Å². The topological polar surface area (TPSA) is 47.9 Å². The van der Waals surface area contributed by atoms with Gasteiger partial charge in [0.25, 0.3) is 0 Å². The van der Waals surface area contributed by atoms with Gasteiger partial charge in [-0.25, -0.2) is 0 Å². The van der Waals surface area contributed by atoms with Crippen molar-refractivity contribution in [1.82, 2.24) is 0 Å². The van der Waals surface area contributed by atoms with Crippen molar-refractivity contribution in [2.45, 2.75) is 6.10 Å².